The average molecular weight is 593 g/mol. The average Bonchev–Trinajstić information content (AvgIpc) is 3.04. The Morgan fingerprint density at radius 2 is 1.18 bits per heavy atom. The molecular weight excluding hydrogens is 557 g/mol. The first-order chi connectivity index (χ1) is 21.2. The summed E-state index contributed by atoms with van der Waals surface area (Å²) in [6.07, 6.45) is 0.869. The zero-order chi connectivity index (χ0) is 30.5. The summed E-state index contributed by atoms with van der Waals surface area (Å²) in [6, 6.07) is 45.8. The van der Waals surface area contributed by atoms with E-state index in [1.54, 1.807) is 13.8 Å². The Hall–Kier alpha value is -4.15. The van der Waals surface area contributed by atoms with Crippen molar-refractivity contribution in [3.05, 3.63) is 139 Å². The van der Waals surface area contributed by atoms with Gasteiger partial charge in [-0.2, -0.15) is 0 Å². The molecule has 0 saturated heterocycles. The third kappa shape index (κ3) is 5.05. The van der Waals surface area contributed by atoms with E-state index < -0.39 is 11.2 Å². The first kappa shape index (κ1) is 28.6. The Morgan fingerprint density at radius 3 is 1.86 bits per heavy atom. The number of benzene rings is 6. The van der Waals surface area contributed by atoms with Gasteiger partial charge in [0, 0.05) is 22.5 Å². The Kier molecular flexibility index (Phi) is 7.21. The van der Waals surface area contributed by atoms with Gasteiger partial charge >= 0.3 is 0 Å². The summed E-state index contributed by atoms with van der Waals surface area (Å²) in [5.41, 5.74) is 10.4. The molecule has 0 heterocycles. The van der Waals surface area contributed by atoms with Gasteiger partial charge in [-0.3, -0.25) is 0 Å². The second-order valence-corrected chi connectivity index (χ2v) is 13.5. The van der Waals surface area contributed by atoms with E-state index in [4.69, 9.17) is 4.18 Å². The van der Waals surface area contributed by atoms with Gasteiger partial charge in [-0.05, 0) is 107 Å². The second kappa shape index (κ2) is 11.1. The van der Waals surface area contributed by atoms with Gasteiger partial charge in [0.15, 0.2) is 0 Å². The van der Waals surface area contributed by atoms with Crippen LogP contribution in [0.4, 0.5) is 0 Å². The summed E-state index contributed by atoms with van der Waals surface area (Å²) in [7, 11) is 0. The molecular formula is C41H36O2S. The number of hydrogen-bond donors (Lipinski definition) is 1. The zero-order valence-electron chi connectivity index (χ0n) is 25.6. The molecule has 0 spiro atoms. The highest BCUT2D eigenvalue weighted by Crippen LogP contribution is 2.49. The molecule has 0 fully saturated rings. The number of aliphatic hydroxyl groups is 1. The third-order valence-corrected chi connectivity index (χ3v) is 10.2. The first-order valence-electron chi connectivity index (χ1n) is 15.2. The van der Waals surface area contributed by atoms with E-state index in [1.807, 2.05) is 13.8 Å². The van der Waals surface area contributed by atoms with Crippen LogP contribution in [0.3, 0.4) is 0 Å². The van der Waals surface area contributed by atoms with Crippen molar-refractivity contribution in [1.29, 1.82) is 0 Å². The molecule has 0 atom stereocenters. The highest BCUT2D eigenvalue weighted by molar-refractivity contribution is 7.94. The SMILES string of the molecule is CC(C)(O)C(C)(C)OSc1cc(-c2ccccc2)cc(-c2cccc3c2Cc2cccc4cccc-3c24)c1-c1ccccc1. The molecule has 0 saturated carbocycles. The lowest BCUT2D eigenvalue weighted by Crippen LogP contribution is -2.45. The van der Waals surface area contributed by atoms with E-state index in [9.17, 15) is 5.11 Å². The number of fused-ring (bicyclic) bond motifs is 2. The molecule has 2 nitrogen and oxygen atoms in total. The fourth-order valence-corrected chi connectivity index (χ4v) is 7.10. The normalized spacial score (nSPS) is 12.8. The first-order valence-corrected chi connectivity index (χ1v) is 16.0. The molecule has 1 aliphatic rings. The van der Waals surface area contributed by atoms with Crippen LogP contribution in [-0.2, 0) is 10.6 Å². The van der Waals surface area contributed by atoms with Crippen molar-refractivity contribution in [2.75, 3.05) is 0 Å². The smallest absolute Gasteiger partial charge is 0.106 e. The minimum absolute atomic E-state index is 0.789. The van der Waals surface area contributed by atoms with Crippen molar-refractivity contribution in [2.24, 2.45) is 0 Å². The van der Waals surface area contributed by atoms with Crippen molar-refractivity contribution in [1.82, 2.24) is 0 Å². The molecule has 44 heavy (non-hydrogen) atoms. The molecule has 0 bridgehead atoms. The van der Waals surface area contributed by atoms with E-state index in [0.717, 1.165) is 33.6 Å². The summed E-state index contributed by atoms with van der Waals surface area (Å²) < 4.78 is 6.49. The van der Waals surface area contributed by atoms with Gasteiger partial charge < -0.3 is 9.29 Å². The molecule has 7 rings (SSSR count). The Labute approximate surface area is 264 Å². The van der Waals surface area contributed by atoms with Crippen LogP contribution < -0.4 is 0 Å². The number of rotatable bonds is 7. The van der Waals surface area contributed by atoms with Gasteiger partial charge in [0.05, 0.1) is 5.60 Å². The van der Waals surface area contributed by atoms with Gasteiger partial charge in [0.25, 0.3) is 0 Å². The quantitative estimate of drug-likeness (QED) is 0.187. The van der Waals surface area contributed by atoms with Crippen LogP contribution in [0.1, 0.15) is 38.8 Å². The third-order valence-electron chi connectivity index (χ3n) is 9.20. The van der Waals surface area contributed by atoms with Crippen LogP contribution in [0, 0.1) is 0 Å². The van der Waals surface area contributed by atoms with Crippen molar-refractivity contribution in [3.8, 4) is 44.5 Å². The van der Waals surface area contributed by atoms with Crippen LogP contribution in [0.5, 0.6) is 0 Å². The molecule has 0 aliphatic heterocycles. The van der Waals surface area contributed by atoms with E-state index >= 15 is 0 Å². The second-order valence-electron chi connectivity index (χ2n) is 12.7. The maximum Gasteiger partial charge on any atom is 0.106 e. The topological polar surface area (TPSA) is 29.5 Å². The van der Waals surface area contributed by atoms with Crippen LogP contribution in [-0.4, -0.2) is 16.3 Å². The molecule has 1 aliphatic carbocycles. The van der Waals surface area contributed by atoms with Crippen molar-refractivity contribution in [2.45, 2.75) is 50.2 Å². The lowest BCUT2D eigenvalue weighted by Gasteiger charge is -2.36. The van der Waals surface area contributed by atoms with Crippen LogP contribution >= 0.6 is 12.0 Å². The van der Waals surface area contributed by atoms with Crippen LogP contribution in [0.2, 0.25) is 0 Å². The summed E-state index contributed by atoms with van der Waals surface area (Å²) in [4.78, 5) is 1.01. The molecule has 3 heteroatoms. The predicted octanol–water partition coefficient (Wildman–Crippen LogP) is 11.0. The van der Waals surface area contributed by atoms with Crippen molar-refractivity contribution < 1.29 is 9.29 Å². The van der Waals surface area contributed by atoms with Crippen molar-refractivity contribution in [3.63, 3.8) is 0 Å². The van der Waals surface area contributed by atoms with Crippen LogP contribution in [0.25, 0.3) is 55.3 Å². The Balaban J connectivity index is 1.50. The van der Waals surface area contributed by atoms with E-state index in [-0.39, 0.29) is 0 Å². The zero-order valence-corrected chi connectivity index (χ0v) is 26.4. The van der Waals surface area contributed by atoms with Gasteiger partial charge in [-0.15, -0.1) is 0 Å². The monoisotopic (exact) mass is 592 g/mol. The number of hydrogen-bond acceptors (Lipinski definition) is 3. The molecule has 1 N–H and O–H groups in total. The Morgan fingerprint density at radius 1 is 0.591 bits per heavy atom. The van der Waals surface area contributed by atoms with E-state index in [1.165, 1.54) is 56.2 Å². The summed E-state index contributed by atoms with van der Waals surface area (Å²) >= 11 is 1.35. The molecule has 6 aromatic carbocycles. The maximum absolute atomic E-state index is 10.9. The lowest BCUT2D eigenvalue weighted by molar-refractivity contribution is -0.0813. The van der Waals surface area contributed by atoms with Gasteiger partial charge in [0.1, 0.15) is 5.60 Å². The molecule has 0 unspecified atom stereocenters. The van der Waals surface area contributed by atoms with Crippen molar-refractivity contribution >= 4 is 22.8 Å². The van der Waals surface area contributed by atoms with E-state index in [2.05, 4.69) is 127 Å². The lowest BCUT2D eigenvalue weighted by atomic mass is 9.79. The minimum Gasteiger partial charge on any atom is -0.387 e. The maximum atomic E-state index is 10.9. The molecule has 0 aromatic heterocycles. The molecule has 218 valence electrons. The summed E-state index contributed by atoms with van der Waals surface area (Å²) in [5.74, 6) is 0. The van der Waals surface area contributed by atoms with Gasteiger partial charge in [-0.25, -0.2) is 0 Å². The fourth-order valence-electron chi connectivity index (χ4n) is 6.11. The van der Waals surface area contributed by atoms with E-state index in [0.29, 0.717) is 0 Å². The summed E-state index contributed by atoms with van der Waals surface area (Å²) in [5, 5.41) is 13.6. The molecule has 6 aromatic rings. The minimum atomic E-state index is -1.03. The predicted molar refractivity (Wildman–Crippen MR) is 186 cm³/mol. The standard InChI is InChI=1S/C41H36O2S/c1-40(2,42)41(3,4)43-44-37-26-31(27-14-7-5-8-15-27)25-36(39(37)29-16-9-6-10-17-29)33-22-13-21-32-34-23-12-19-28-18-11-20-30(38(28)34)24-35(32)33/h5-23,25-26,42H,24H2,1-4H3. The Bertz CT molecular complexity index is 1980. The fraction of sp³-hybridized carbons (Fsp3) is 0.171. The highest BCUT2D eigenvalue weighted by atomic mass is 32.2. The molecule has 0 radical (unpaired) electrons. The van der Waals surface area contributed by atoms with Crippen LogP contribution in [0.15, 0.2) is 132 Å². The largest absolute Gasteiger partial charge is 0.387 e. The molecule has 0 amide bonds. The summed E-state index contributed by atoms with van der Waals surface area (Å²) in [6.45, 7) is 7.48. The highest BCUT2D eigenvalue weighted by Gasteiger charge is 2.37. The van der Waals surface area contributed by atoms with Gasteiger partial charge in [0.2, 0.25) is 0 Å². The van der Waals surface area contributed by atoms with Gasteiger partial charge in [-0.1, -0.05) is 115 Å².